The molecule has 0 fully saturated rings. The van der Waals surface area contributed by atoms with Gasteiger partial charge in [0.05, 0.1) is 10.7 Å². The van der Waals surface area contributed by atoms with Crippen LogP contribution in [0.2, 0.25) is 5.02 Å². The maximum atomic E-state index is 11.9. The quantitative estimate of drug-likeness (QED) is 0.802. The molecule has 108 valence electrons. The largest absolute Gasteiger partial charge is 0.321 e. The summed E-state index contributed by atoms with van der Waals surface area (Å²) < 4.78 is 0. The first-order valence-corrected chi connectivity index (χ1v) is 7.30. The molecular formula is C18H18ClNO. The number of anilines is 1. The summed E-state index contributed by atoms with van der Waals surface area (Å²) in [6.07, 6.45) is 4.31. The van der Waals surface area contributed by atoms with E-state index in [9.17, 15) is 4.79 Å². The SMILES string of the molecule is CCc1ccc(/C=C/C(=O)Nc2ccc(C)cc2Cl)cc1. The minimum absolute atomic E-state index is 0.194. The number of amides is 1. The molecule has 0 aliphatic heterocycles. The van der Waals surface area contributed by atoms with Crippen LogP contribution in [0, 0.1) is 6.92 Å². The van der Waals surface area contributed by atoms with Gasteiger partial charge in [0.15, 0.2) is 0 Å². The molecule has 0 saturated carbocycles. The number of hydrogen-bond acceptors (Lipinski definition) is 1. The fraction of sp³-hybridized carbons (Fsp3) is 0.167. The number of carbonyl (C=O) groups excluding carboxylic acids is 1. The Kier molecular flexibility index (Phi) is 5.18. The van der Waals surface area contributed by atoms with E-state index in [4.69, 9.17) is 11.6 Å². The molecule has 0 radical (unpaired) electrons. The van der Waals surface area contributed by atoms with Crippen molar-refractivity contribution < 1.29 is 4.79 Å². The third-order valence-corrected chi connectivity index (χ3v) is 3.51. The zero-order valence-corrected chi connectivity index (χ0v) is 12.9. The van der Waals surface area contributed by atoms with Gasteiger partial charge < -0.3 is 5.32 Å². The van der Waals surface area contributed by atoms with Crippen LogP contribution in [0.5, 0.6) is 0 Å². The summed E-state index contributed by atoms with van der Waals surface area (Å²) >= 11 is 6.09. The second kappa shape index (κ2) is 7.09. The van der Waals surface area contributed by atoms with Crippen molar-refractivity contribution in [2.24, 2.45) is 0 Å². The van der Waals surface area contributed by atoms with E-state index in [0.29, 0.717) is 10.7 Å². The van der Waals surface area contributed by atoms with Gasteiger partial charge in [-0.1, -0.05) is 48.9 Å². The lowest BCUT2D eigenvalue weighted by atomic mass is 10.1. The summed E-state index contributed by atoms with van der Waals surface area (Å²) in [4.78, 5) is 11.9. The molecule has 3 heteroatoms. The standard InChI is InChI=1S/C18H18ClNO/c1-3-14-5-7-15(8-6-14)9-11-18(21)20-17-10-4-13(2)12-16(17)19/h4-12H,3H2,1-2H3,(H,20,21)/b11-9+. The summed E-state index contributed by atoms with van der Waals surface area (Å²) in [5.41, 5.74) is 3.96. The number of hydrogen-bond donors (Lipinski definition) is 1. The average Bonchev–Trinajstić information content (AvgIpc) is 2.48. The zero-order chi connectivity index (χ0) is 15.2. The third kappa shape index (κ3) is 4.47. The molecule has 21 heavy (non-hydrogen) atoms. The molecule has 0 saturated heterocycles. The van der Waals surface area contributed by atoms with Crippen molar-refractivity contribution in [3.63, 3.8) is 0 Å². The van der Waals surface area contributed by atoms with Crippen LogP contribution in [0.3, 0.4) is 0 Å². The molecule has 2 aromatic carbocycles. The highest BCUT2D eigenvalue weighted by Crippen LogP contribution is 2.22. The van der Waals surface area contributed by atoms with E-state index in [2.05, 4.69) is 24.4 Å². The van der Waals surface area contributed by atoms with Crippen molar-refractivity contribution in [1.29, 1.82) is 0 Å². The van der Waals surface area contributed by atoms with Crippen molar-refractivity contribution in [2.75, 3.05) is 5.32 Å². The van der Waals surface area contributed by atoms with Gasteiger partial charge in [-0.2, -0.15) is 0 Å². The topological polar surface area (TPSA) is 29.1 Å². The van der Waals surface area contributed by atoms with Gasteiger partial charge in [0.1, 0.15) is 0 Å². The van der Waals surface area contributed by atoms with Crippen molar-refractivity contribution in [2.45, 2.75) is 20.3 Å². The molecule has 2 nitrogen and oxygen atoms in total. The third-order valence-electron chi connectivity index (χ3n) is 3.20. The van der Waals surface area contributed by atoms with Gasteiger partial charge in [-0.05, 0) is 48.2 Å². The molecule has 1 N–H and O–H groups in total. The van der Waals surface area contributed by atoms with Crippen LogP contribution < -0.4 is 5.32 Å². The van der Waals surface area contributed by atoms with E-state index in [1.54, 1.807) is 12.1 Å². The summed E-state index contributed by atoms with van der Waals surface area (Å²) in [5, 5.41) is 3.32. The van der Waals surface area contributed by atoms with Gasteiger partial charge in [-0.3, -0.25) is 4.79 Å². The van der Waals surface area contributed by atoms with E-state index in [1.807, 2.05) is 31.2 Å². The van der Waals surface area contributed by atoms with Crippen LogP contribution in [0.1, 0.15) is 23.6 Å². The number of halogens is 1. The molecule has 2 aromatic rings. The Balaban J connectivity index is 2.01. The van der Waals surface area contributed by atoms with Crippen LogP contribution in [0.4, 0.5) is 5.69 Å². The first-order chi connectivity index (χ1) is 10.1. The minimum atomic E-state index is -0.194. The molecular weight excluding hydrogens is 282 g/mol. The average molecular weight is 300 g/mol. The maximum Gasteiger partial charge on any atom is 0.248 e. The fourth-order valence-electron chi connectivity index (χ4n) is 1.93. The number of rotatable bonds is 4. The van der Waals surface area contributed by atoms with Gasteiger partial charge in [0, 0.05) is 6.08 Å². The second-order valence-corrected chi connectivity index (χ2v) is 5.31. The molecule has 0 bridgehead atoms. The van der Waals surface area contributed by atoms with Crippen LogP contribution in [0.25, 0.3) is 6.08 Å². The highest BCUT2D eigenvalue weighted by Gasteiger charge is 2.03. The molecule has 0 atom stereocenters. The number of aryl methyl sites for hydroxylation is 2. The molecule has 0 heterocycles. The van der Waals surface area contributed by atoms with Crippen molar-refractivity contribution in [3.05, 3.63) is 70.3 Å². The number of benzene rings is 2. The summed E-state index contributed by atoms with van der Waals surface area (Å²) in [5.74, 6) is -0.194. The Morgan fingerprint density at radius 1 is 1.19 bits per heavy atom. The van der Waals surface area contributed by atoms with Crippen LogP contribution in [-0.2, 0) is 11.2 Å². The number of nitrogens with one attached hydrogen (secondary N) is 1. The smallest absolute Gasteiger partial charge is 0.248 e. The first kappa shape index (κ1) is 15.3. The van der Waals surface area contributed by atoms with Crippen molar-refractivity contribution in [3.8, 4) is 0 Å². The minimum Gasteiger partial charge on any atom is -0.321 e. The lowest BCUT2D eigenvalue weighted by Crippen LogP contribution is -2.08. The highest BCUT2D eigenvalue weighted by atomic mass is 35.5. The van der Waals surface area contributed by atoms with Crippen LogP contribution in [0.15, 0.2) is 48.5 Å². The van der Waals surface area contributed by atoms with E-state index in [-0.39, 0.29) is 5.91 Å². The Morgan fingerprint density at radius 3 is 2.52 bits per heavy atom. The Bertz CT molecular complexity index is 659. The summed E-state index contributed by atoms with van der Waals surface area (Å²) in [6, 6.07) is 13.7. The predicted octanol–water partition coefficient (Wildman–Crippen LogP) is 4.86. The lowest BCUT2D eigenvalue weighted by molar-refractivity contribution is -0.111. The molecule has 0 aromatic heterocycles. The Morgan fingerprint density at radius 2 is 1.90 bits per heavy atom. The number of carbonyl (C=O) groups is 1. The van der Waals surface area contributed by atoms with Gasteiger partial charge in [0.25, 0.3) is 0 Å². The van der Waals surface area contributed by atoms with Crippen LogP contribution >= 0.6 is 11.6 Å². The second-order valence-electron chi connectivity index (χ2n) is 4.90. The monoisotopic (exact) mass is 299 g/mol. The zero-order valence-electron chi connectivity index (χ0n) is 12.2. The fourth-order valence-corrected chi connectivity index (χ4v) is 2.21. The van der Waals surface area contributed by atoms with E-state index in [1.165, 1.54) is 11.6 Å². The molecule has 0 unspecified atom stereocenters. The van der Waals surface area contributed by atoms with Gasteiger partial charge in [-0.15, -0.1) is 0 Å². The molecule has 1 amide bonds. The Labute approximate surface area is 130 Å². The van der Waals surface area contributed by atoms with Crippen molar-refractivity contribution in [1.82, 2.24) is 0 Å². The molecule has 0 aliphatic carbocycles. The molecule has 2 rings (SSSR count). The molecule has 0 aliphatic rings. The van der Waals surface area contributed by atoms with E-state index in [0.717, 1.165) is 17.5 Å². The van der Waals surface area contributed by atoms with Gasteiger partial charge >= 0.3 is 0 Å². The maximum absolute atomic E-state index is 11.9. The highest BCUT2D eigenvalue weighted by molar-refractivity contribution is 6.33. The van der Waals surface area contributed by atoms with Crippen molar-refractivity contribution >= 4 is 29.3 Å². The van der Waals surface area contributed by atoms with Gasteiger partial charge in [-0.25, -0.2) is 0 Å². The summed E-state index contributed by atoms with van der Waals surface area (Å²) in [6.45, 7) is 4.07. The lowest BCUT2D eigenvalue weighted by Gasteiger charge is -2.05. The van der Waals surface area contributed by atoms with Crippen LogP contribution in [-0.4, -0.2) is 5.91 Å². The Hall–Kier alpha value is -2.06. The van der Waals surface area contributed by atoms with E-state index >= 15 is 0 Å². The summed E-state index contributed by atoms with van der Waals surface area (Å²) in [7, 11) is 0. The molecule has 0 spiro atoms. The van der Waals surface area contributed by atoms with E-state index < -0.39 is 0 Å². The van der Waals surface area contributed by atoms with Gasteiger partial charge in [0.2, 0.25) is 5.91 Å². The normalized spacial score (nSPS) is 10.8. The predicted molar refractivity (Wildman–Crippen MR) is 89.7 cm³/mol. The first-order valence-electron chi connectivity index (χ1n) is 6.92.